The second-order valence-electron chi connectivity index (χ2n) is 7.71. The molecule has 1 heteroatoms. The van der Waals surface area contributed by atoms with Gasteiger partial charge in [-0.2, -0.15) is 0 Å². The van der Waals surface area contributed by atoms with Crippen LogP contribution in [0.25, 0.3) is 32.7 Å². The van der Waals surface area contributed by atoms with Crippen LogP contribution in [0.15, 0.2) is 102 Å². The molecule has 0 fully saturated rings. The number of benzene rings is 5. The monoisotopic (exact) mass is 388 g/mol. The van der Waals surface area contributed by atoms with Crippen LogP contribution in [0.2, 0.25) is 0 Å². The van der Waals surface area contributed by atoms with Crippen molar-refractivity contribution in [3.05, 3.63) is 114 Å². The van der Waals surface area contributed by atoms with Crippen molar-refractivity contribution in [3.63, 3.8) is 0 Å². The van der Waals surface area contributed by atoms with Crippen molar-refractivity contribution in [2.45, 2.75) is 13.3 Å². The zero-order chi connectivity index (χ0) is 24.4. The van der Waals surface area contributed by atoms with Gasteiger partial charge in [-0.15, -0.1) is 0 Å². The predicted molar refractivity (Wildman–Crippen MR) is 128 cm³/mol. The summed E-state index contributed by atoms with van der Waals surface area (Å²) in [6.07, 6.45) is 0.719. The van der Waals surface area contributed by atoms with Gasteiger partial charge in [0.15, 0.2) is 0 Å². The minimum atomic E-state index is -0.386. The highest BCUT2D eigenvalue weighted by Gasteiger charge is 2.22. The molecule has 0 radical (unpaired) electrons. The first-order chi connectivity index (χ1) is 16.9. The number of para-hydroxylation sites is 1. The Morgan fingerprint density at radius 2 is 1.43 bits per heavy atom. The molecule has 5 aromatic carbocycles. The predicted octanol–water partition coefficient (Wildman–Crippen LogP) is 7.65. The Morgan fingerprint density at radius 1 is 0.733 bits per heavy atom. The molecule has 5 aromatic rings. The van der Waals surface area contributed by atoms with E-state index in [9.17, 15) is 0 Å². The van der Waals surface area contributed by atoms with Gasteiger partial charge in [-0.3, -0.25) is 4.99 Å². The molecule has 0 saturated carbocycles. The number of nitrogens with zero attached hydrogens (tertiary/aromatic N) is 1. The van der Waals surface area contributed by atoms with E-state index in [1.54, 1.807) is 0 Å². The SMILES string of the molecule is [2H]c1c([2H])c([2H])c(-c2c3ccccc3c(C3=Nc4ccccc4C3)c3ccc(C)cc23)c([2H])c1[2H]. The van der Waals surface area contributed by atoms with Crippen LogP contribution in [-0.4, -0.2) is 5.71 Å². The zero-order valence-corrected chi connectivity index (χ0v) is 16.5. The Kier molecular flexibility index (Phi) is 2.84. The number of hydrogen-bond acceptors (Lipinski definition) is 1. The van der Waals surface area contributed by atoms with Gasteiger partial charge in [-0.1, -0.05) is 96.4 Å². The normalized spacial score (nSPS) is 15.2. The van der Waals surface area contributed by atoms with Crippen molar-refractivity contribution >= 4 is 32.9 Å². The minimum Gasteiger partial charge on any atom is -0.252 e. The fraction of sp³-hybridized carbons (Fsp3) is 0.0690. The van der Waals surface area contributed by atoms with Gasteiger partial charge in [-0.25, -0.2) is 0 Å². The molecule has 1 nitrogen and oxygen atoms in total. The molecule has 0 aromatic heterocycles. The lowest BCUT2D eigenvalue weighted by Crippen LogP contribution is -2.04. The maximum absolute atomic E-state index is 8.69. The lowest BCUT2D eigenvalue weighted by molar-refractivity contribution is 1.39. The van der Waals surface area contributed by atoms with E-state index in [1.807, 2.05) is 55.5 Å². The van der Waals surface area contributed by atoms with Crippen LogP contribution in [0.4, 0.5) is 5.69 Å². The number of hydrogen-bond donors (Lipinski definition) is 0. The van der Waals surface area contributed by atoms with E-state index in [1.165, 1.54) is 5.56 Å². The first-order valence-electron chi connectivity index (χ1n) is 12.5. The third kappa shape index (κ3) is 2.59. The highest BCUT2D eigenvalue weighted by Crippen LogP contribution is 2.41. The molecule has 0 aliphatic carbocycles. The van der Waals surface area contributed by atoms with Crippen LogP contribution < -0.4 is 0 Å². The Hall–Kier alpha value is -3.71. The van der Waals surface area contributed by atoms with Crippen LogP contribution >= 0.6 is 0 Å². The molecule has 0 N–H and O–H groups in total. The van der Waals surface area contributed by atoms with Crippen molar-refractivity contribution in [2.75, 3.05) is 0 Å². The van der Waals surface area contributed by atoms with E-state index in [0.717, 1.165) is 50.5 Å². The molecule has 30 heavy (non-hydrogen) atoms. The van der Waals surface area contributed by atoms with E-state index in [2.05, 4.69) is 18.2 Å². The highest BCUT2D eigenvalue weighted by atomic mass is 14.8. The summed E-state index contributed by atoms with van der Waals surface area (Å²) in [4.78, 5) is 4.98. The van der Waals surface area contributed by atoms with Gasteiger partial charge in [0.05, 0.1) is 18.3 Å². The number of rotatable bonds is 2. The Bertz CT molecular complexity index is 1710. The third-order valence-corrected chi connectivity index (χ3v) is 5.82. The van der Waals surface area contributed by atoms with Crippen molar-refractivity contribution in [3.8, 4) is 11.1 Å². The van der Waals surface area contributed by atoms with Crippen LogP contribution in [0.5, 0.6) is 0 Å². The van der Waals surface area contributed by atoms with E-state index >= 15 is 0 Å². The van der Waals surface area contributed by atoms with Gasteiger partial charge in [-0.05, 0) is 51.2 Å². The van der Waals surface area contributed by atoms with E-state index in [4.69, 9.17) is 11.8 Å². The van der Waals surface area contributed by atoms with E-state index in [0.29, 0.717) is 5.56 Å². The molecule has 0 amide bonds. The summed E-state index contributed by atoms with van der Waals surface area (Å²) >= 11 is 0. The van der Waals surface area contributed by atoms with Crippen LogP contribution in [0.1, 0.15) is 23.5 Å². The Morgan fingerprint density at radius 3 is 2.23 bits per heavy atom. The summed E-state index contributed by atoms with van der Waals surface area (Å²) in [5, 5.41) is 3.62. The zero-order valence-electron chi connectivity index (χ0n) is 21.5. The summed E-state index contributed by atoms with van der Waals surface area (Å²) in [5.74, 6) is 0. The topological polar surface area (TPSA) is 12.4 Å². The molecular weight excluding hydrogens is 362 g/mol. The second kappa shape index (κ2) is 6.67. The molecule has 0 unspecified atom stereocenters. The average Bonchev–Trinajstić information content (AvgIpc) is 3.30. The summed E-state index contributed by atoms with van der Waals surface area (Å²) in [6.45, 7) is 2.00. The van der Waals surface area contributed by atoms with Gasteiger partial charge < -0.3 is 0 Å². The molecule has 1 aliphatic heterocycles. The fourth-order valence-corrected chi connectivity index (χ4v) is 4.53. The molecule has 1 heterocycles. The minimum absolute atomic E-state index is 0.192. The molecule has 0 atom stereocenters. The maximum Gasteiger partial charge on any atom is 0.0669 e. The van der Waals surface area contributed by atoms with Crippen molar-refractivity contribution < 1.29 is 6.85 Å². The molecule has 6 rings (SSSR count). The number of fused-ring (bicyclic) bond motifs is 3. The van der Waals surface area contributed by atoms with Gasteiger partial charge in [0.1, 0.15) is 0 Å². The lowest BCUT2D eigenvalue weighted by atomic mass is 9.85. The van der Waals surface area contributed by atoms with E-state index in [-0.39, 0.29) is 35.8 Å². The molecule has 142 valence electrons. The quantitative estimate of drug-likeness (QED) is 0.275. The first kappa shape index (κ1) is 12.8. The lowest BCUT2D eigenvalue weighted by Gasteiger charge is -2.18. The summed E-state index contributed by atoms with van der Waals surface area (Å²) < 4.78 is 42.0. The Balaban J connectivity index is 1.79. The number of aryl methyl sites for hydroxylation is 1. The molecular formula is C29H21N. The van der Waals surface area contributed by atoms with Crippen LogP contribution in [-0.2, 0) is 6.42 Å². The van der Waals surface area contributed by atoms with Crippen molar-refractivity contribution in [1.82, 2.24) is 0 Å². The Labute approximate surface area is 183 Å². The van der Waals surface area contributed by atoms with Gasteiger partial charge in [0.2, 0.25) is 0 Å². The molecule has 0 spiro atoms. The van der Waals surface area contributed by atoms with Crippen molar-refractivity contribution in [2.24, 2.45) is 4.99 Å². The van der Waals surface area contributed by atoms with Crippen molar-refractivity contribution in [1.29, 1.82) is 0 Å². The number of aliphatic imine (C=N–C) groups is 1. The van der Waals surface area contributed by atoms with E-state index < -0.39 is 0 Å². The average molecular weight is 389 g/mol. The molecule has 0 bridgehead atoms. The maximum atomic E-state index is 8.69. The van der Waals surface area contributed by atoms with Crippen LogP contribution in [0.3, 0.4) is 0 Å². The first-order valence-corrected chi connectivity index (χ1v) is 10.0. The standard InChI is InChI=1S/C29H21N/c1-19-15-16-24-25(17-19)28(20-9-3-2-4-10-20)22-12-6-7-13-23(22)29(24)27-18-21-11-5-8-14-26(21)30-27/h2-17H,18H2,1H3/i2D,3D,4D,9D,10D. The smallest absolute Gasteiger partial charge is 0.0669 e. The fourth-order valence-electron chi connectivity index (χ4n) is 4.53. The highest BCUT2D eigenvalue weighted by molar-refractivity contribution is 6.27. The summed E-state index contributed by atoms with van der Waals surface area (Å²) in [6, 6.07) is 20.8. The molecule has 1 aliphatic rings. The van der Waals surface area contributed by atoms with Gasteiger partial charge >= 0.3 is 0 Å². The summed E-state index contributed by atoms with van der Waals surface area (Å²) in [5.41, 5.74) is 6.08. The largest absolute Gasteiger partial charge is 0.252 e. The molecule has 0 saturated heterocycles. The van der Waals surface area contributed by atoms with Gasteiger partial charge in [0.25, 0.3) is 0 Å². The second-order valence-corrected chi connectivity index (χ2v) is 7.71. The summed E-state index contributed by atoms with van der Waals surface area (Å²) in [7, 11) is 0. The third-order valence-electron chi connectivity index (χ3n) is 5.82. The van der Waals surface area contributed by atoms with Crippen LogP contribution in [0, 0.1) is 6.92 Å². The van der Waals surface area contributed by atoms with Gasteiger partial charge in [0, 0.05) is 12.0 Å².